The summed E-state index contributed by atoms with van der Waals surface area (Å²) in [6, 6.07) is 16.8. The molecule has 4 aromatic rings. The first kappa shape index (κ1) is 17.6. The number of hydrogen-bond donors (Lipinski definition) is 2. The second-order valence-electron chi connectivity index (χ2n) is 5.84. The number of nitrogens with one attached hydrogen (secondary N) is 2. The number of thioether (sulfide) groups is 1. The van der Waals surface area contributed by atoms with Crippen molar-refractivity contribution in [1.82, 2.24) is 15.0 Å². The van der Waals surface area contributed by atoms with Crippen LogP contribution < -0.4 is 5.32 Å². The molecule has 1 amide bonds. The molecule has 0 aliphatic rings. The van der Waals surface area contributed by atoms with Gasteiger partial charge in [-0.25, -0.2) is 9.97 Å². The summed E-state index contributed by atoms with van der Waals surface area (Å²) >= 11 is 7.77. The fourth-order valence-electron chi connectivity index (χ4n) is 2.69. The van der Waals surface area contributed by atoms with E-state index in [4.69, 9.17) is 11.6 Å². The van der Waals surface area contributed by atoms with Gasteiger partial charge in [-0.2, -0.15) is 0 Å². The molecular formula is C20H15ClN4OS. The zero-order chi connectivity index (χ0) is 18.8. The molecule has 2 aromatic carbocycles. The lowest BCUT2D eigenvalue weighted by Gasteiger charge is -2.06. The maximum Gasteiger partial charge on any atom is 0.257 e. The Morgan fingerprint density at radius 3 is 2.67 bits per heavy atom. The first-order valence-electron chi connectivity index (χ1n) is 8.20. The number of aromatic nitrogens is 3. The Kier molecular flexibility index (Phi) is 4.83. The Bertz CT molecular complexity index is 1120. The van der Waals surface area contributed by atoms with Crippen LogP contribution in [-0.2, 0) is 0 Å². The van der Waals surface area contributed by atoms with Crippen LogP contribution in [0, 0.1) is 0 Å². The van der Waals surface area contributed by atoms with Gasteiger partial charge in [0.25, 0.3) is 5.91 Å². The Balaban J connectivity index is 1.60. The third-order valence-corrected chi connectivity index (χ3v) is 5.15. The van der Waals surface area contributed by atoms with E-state index < -0.39 is 0 Å². The highest BCUT2D eigenvalue weighted by molar-refractivity contribution is 7.98. The number of anilines is 1. The van der Waals surface area contributed by atoms with Gasteiger partial charge in [-0.3, -0.25) is 4.79 Å². The highest BCUT2D eigenvalue weighted by atomic mass is 35.5. The van der Waals surface area contributed by atoms with E-state index in [-0.39, 0.29) is 5.91 Å². The van der Waals surface area contributed by atoms with Gasteiger partial charge in [-0.05, 0) is 36.6 Å². The fourth-order valence-corrected chi connectivity index (χ4v) is 3.32. The first-order chi connectivity index (χ1) is 13.1. The maximum absolute atomic E-state index is 12.4. The van der Waals surface area contributed by atoms with Crippen LogP contribution in [0.4, 0.5) is 5.69 Å². The van der Waals surface area contributed by atoms with Crippen molar-refractivity contribution in [2.75, 3.05) is 11.6 Å². The molecule has 7 heteroatoms. The maximum atomic E-state index is 12.4. The molecule has 2 N–H and O–H groups in total. The topological polar surface area (TPSA) is 70.7 Å². The number of rotatable bonds is 4. The van der Waals surface area contributed by atoms with Gasteiger partial charge in [-0.15, -0.1) is 11.8 Å². The number of nitrogens with zero attached hydrogens (tertiary/aromatic N) is 2. The number of halogens is 1. The SMILES string of the molecule is CSc1ccc(-c2nc3cc(NC(=O)c4ccccc4Cl)cnc3[nH]2)cc1. The summed E-state index contributed by atoms with van der Waals surface area (Å²) in [5.41, 5.74) is 3.29. The highest BCUT2D eigenvalue weighted by Gasteiger charge is 2.12. The first-order valence-corrected chi connectivity index (χ1v) is 9.80. The van der Waals surface area contributed by atoms with E-state index in [2.05, 4.69) is 32.4 Å². The predicted molar refractivity (Wildman–Crippen MR) is 111 cm³/mol. The summed E-state index contributed by atoms with van der Waals surface area (Å²) in [6.45, 7) is 0. The van der Waals surface area contributed by atoms with Crippen LogP contribution in [-0.4, -0.2) is 27.1 Å². The average Bonchev–Trinajstić information content (AvgIpc) is 3.11. The van der Waals surface area contributed by atoms with Crippen molar-refractivity contribution < 1.29 is 4.79 Å². The van der Waals surface area contributed by atoms with Crippen LogP contribution in [0.25, 0.3) is 22.6 Å². The van der Waals surface area contributed by atoms with Crippen LogP contribution in [0.1, 0.15) is 10.4 Å². The number of amides is 1. The number of hydrogen-bond acceptors (Lipinski definition) is 4. The number of benzene rings is 2. The molecule has 0 aliphatic carbocycles. The van der Waals surface area contributed by atoms with Crippen LogP contribution >= 0.6 is 23.4 Å². The summed E-state index contributed by atoms with van der Waals surface area (Å²) in [4.78, 5) is 25.8. The van der Waals surface area contributed by atoms with Crippen molar-refractivity contribution in [1.29, 1.82) is 0 Å². The van der Waals surface area contributed by atoms with E-state index >= 15 is 0 Å². The summed E-state index contributed by atoms with van der Waals surface area (Å²) in [5, 5.41) is 3.22. The Hall–Kier alpha value is -2.83. The number of aromatic amines is 1. The number of H-pyrrole nitrogens is 1. The van der Waals surface area contributed by atoms with Crippen LogP contribution in [0.5, 0.6) is 0 Å². The molecule has 0 unspecified atom stereocenters. The molecule has 0 aliphatic heterocycles. The summed E-state index contributed by atoms with van der Waals surface area (Å²) in [7, 11) is 0. The molecule has 0 saturated heterocycles. The molecule has 134 valence electrons. The van der Waals surface area contributed by atoms with Crippen LogP contribution in [0.3, 0.4) is 0 Å². The lowest BCUT2D eigenvalue weighted by Crippen LogP contribution is -2.12. The molecule has 0 radical (unpaired) electrons. The van der Waals surface area contributed by atoms with Gasteiger partial charge in [0, 0.05) is 10.5 Å². The second kappa shape index (κ2) is 7.42. The Morgan fingerprint density at radius 1 is 1.15 bits per heavy atom. The standard InChI is InChI=1S/C20H15ClN4OS/c1-27-14-8-6-12(7-9-14)18-24-17-10-13(11-22-19(17)25-18)23-20(26)15-4-2-3-5-16(15)21/h2-11H,1H3,(H,23,26)(H,22,24,25). The molecule has 0 saturated carbocycles. The van der Waals surface area contributed by atoms with E-state index in [0.29, 0.717) is 27.4 Å². The van der Waals surface area contributed by atoms with Crippen molar-refractivity contribution >= 4 is 46.1 Å². The minimum absolute atomic E-state index is 0.287. The van der Waals surface area contributed by atoms with E-state index in [1.165, 1.54) is 4.90 Å². The van der Waals surface area contributed by atoms with Gasteiger partial charge in [0.15, 0.2) is 5.65 Å². The largest absolute Gasteiger partial charge is 0.323 e. The zero-order valence-electron chi connectivity index (χ0n) is 14.4. The Morgan fingerprint density at radius 2 is 1.93 bits per heavy atom. The lowest BCUT2D eigenvalue weighted by atomic mass is 10.2. The monoisotopic (exact) mass is 394 g/mol. The molecule has 0 atom stereocenters. The van der Waals surface area contributed by atoms with Gasteiger partial charge in [0.1, 0.15) is 11.3 Å². The van der Waals surface area contributed by atoms with E-state index in [1.807, 2.05) is 18.4 Å². The van der Waals surface area contributed by atoms with Gasteiger partial charge >= 0.3 is 0 Å². The molecule has 0 spiro atoms. The fraction of sp³-hybridized carbons (Fsp3) is 0.0500. The number of imidazole rings is 1. The molecule has 5 nitrogen and oxygen atoms in total. The van der Waals surface area contributed by atoms with Crippen molar-refractivity contribution in [2.24, 2.45) is 0 Å². The Labute approximate surface area is 165 Å². The van der Waals surface area contributed by atoms with Gasteiger partial charge in [0.05, 0.1) is 22.5 Å². The van der Waals surface area contributed by atoms with Gasteiger partial charge in [-0.1, -0.05) is 35.9 Å². The highest BCUT2D eigenvalue weighted by Crippen LogP contribution is 2.24. The van der Waals surface area contributed by atoms with Gasteiger partial charge < -0.3 is 10.3 Å². The smallest absolute Gasteiger partial charge is 0.257 e. The minimum Gasteiger partial charge on any atom is -0.323 e. The molecule has 2 heterocycles. The molecule has 2 aromatic heterocycles. The van der Waals surface area contributed by atoms with E-state index in [0.717, 1.165) is 11.4 Å². The number of pyridine rings is 1. The third-order valence-electron chi connectivity index (χ3n) is 4.08. The molecule has 0 fully saturated rings. The second-order valence-corrected chi connectivity index (χ2v) is 7.13. The summed E-state index contributed by atoms with van der Waals surface area (Å²) in [5.74, 6) is 0.449. The quantitative estimate of drug-likeness (QED) is 0.463. The lowest BCUT2D eigenvalue weighted by molar-refractivity contribution is 0.102. The van der Waals surface area contributed by atoms with E-state index in [9.17, 15) is 4.79 Å². The summed E-state index contributed by atoms with van der Waals surface area (Å²) in [6.07, 6.45) is 3.63. The number of carbonyl (C=O) groups excluding carboxylic acids is 1. The predicted octanol–water partition coefficient (Wildman–Crippen LogP) is 5.25. The number of carbonyl (C=O) groups is 1. The minimum atomic E-state index is -0.287. The third kappa shape index (κ3) is 3.67. The van der Waals surface area contributed by atoms with Gasteiger partial charge in [0.2, 0.25) is 0 Å². The van der Waals surface area contributed by atoms with Crippen LogP contribution in [0.2, 0.25) is 5.02 Å². The molecule has 0 bridgehead atoms. The number of fused-ring (bicyclic) bond motifs is 1. The summed E-state index contributed by atoms with van der Waals surface area (Å²) < 4.78 is 0. The molecular weight excluding hydrogens is 380 g/mol. The molecule has 27 heavy (non-hydrogen) atoms. The van der Waals surface area contributed by atoms with Crippen molar-refractivity contribution in [3.8, 4) is 11.4 Å². The molecule has 4 rings (SSSR count). The van der Waals surface area contributed by atoms with Crippen LogP contribution in [0.15, 0.2) is 65.7 Å². The average molecular weight is 395 g/mol. The van der Waals surface area contributed by atoms with E-state index in [1.54, 1.807) is 48.3 Å². The van der Waals surface area contributed by atoms with Crippen molar-refractivity contribution in [3.63, 3.8) is 0 Å². The van der Waals surface area contributed by atoms with Crippen molar-refractivity contribution in [3.05, 3.63) is 71.4 Å². The zero-order valence-corrected chi connectivity index (χ0v) is 15.9. The normalized spacial score (nSPS) is 10.9. The van der Waals surface area contributed by atoms with Crippen molar-refractivity contribution in [2.45, 2.75) is 4.90 Å².